The van der Waals surface area contributed by atoms with Crippen LogP contribution >= 0.6 is 0 Å². The Hall–Kier alpha value is -0.0800. The Balaban J connectivity index is 1.90. The van der Waals surface area contributed by atoms with E-state index in [-0.39, 0.29) is 0 Å². The molecule has 0 radical (unpaired) electrons. The lowest BCUT2D eigenvalue weighted by Crippen LogP contribution is -2.43. The monoisotopic (exact) mass is 281 g/mol. The van der Waals surface area contributed by atoms with E-state index >= 15 is 0 Å². The van der Waals surface area contributed by atoms with Crippen molar-refractivity contribution in [1.29, 1.82) is 0 Å². The fraction of sp³-hybridized carbons (Fsp3) is 1.00. The van der Waals surface area contributed by atoms with Gasteiger partial charge in [0.05, 0.1) is 6.10 Å². The van der Waals surface area contributed by atoms with Crippen LogP contribution in [0.4, 0.5) is 0 Å². The zero-order valence-electron chi connectivity index (χ0n) is 13.9. The van der Waals surface area contributed by atoms with Crippen LogP contribution in [0.15, 0.2) is 0 Å². The summed E-state index contributed by atoms with van der Waals surface area (Å²) in [5.74, 6) is 3.08. The Labute approximate surface area is 126 Å². The molecule has 0 aromatic carbocycles. The van der Waals surface area contributed by atoms with Crippen molar-refractivity contribution in [1.82, 2.24) is 5.32 Å². The average molecular weight is 281 g/mol. The number of fused-ring (bicyclic) bond motifs is 2. The zero-order valence-corrected chi connectivity index (χ0v) is 13.9. The molecule has 2 rings (SSSR count). The van der Waals surface area contributed by atoms with E-state index in [1.54, 1.807) is 0 Å². The molecule has 2 aliphatic carbocycles. The fourth-order valence-corrected chi connectivity index (χ4v) is 4.59. The SMILES string of the molecule is CCCNC(CC1CC2CCC1C2)C(CCC)OCC. The van der Waals surface area contributed by atoms with Crippen LogP contribution in [0.1, 0.15) is 72.1 Å². The molecule has 0 spiro atoms. The summed E-state index contributed by atoms with van der Waals surface area (Å²) in [6.07, 6.45) is 11.5. The van der Waals surface area contributed by atoms with Gasteiger partial charge in [-0.1, -0.05) is 26.7 Å². The molecule has 0 saturated heterocycles. The Morgan fingerprint density at radius 1 is 1.10 bits per heavy atom. The predicted octanol–water partition coefficient (Wildman–Crippen LogP) is 4.39. The van der Waals surface area contributed by atoms with Crippen LogP contribution in [-0.2, 0) is 4.74 Å². The van der Waals surface area contributed by atoms with Crippen molar-refractivity contribution in [2.24, 2.45) is 17.8 Å². The minimum Gasteiger partial charge on any atom is -0.377 e. The van der Waals surface area contributed by atoms with Gasteiger partial charge in [0.15, 0.2) is 0 Å². The summed E-state index contributed by atoms with van der Waals surface area (Å²) in [6.45, 7) is 8.67. The minimum absolute atomic E-state index is 0.427. The van der Waals surface area contributed by atoms with Crippen molar-refractivity contribution >= 4 is 0 Å². The quantitative estimate of drug-likeness (QED) is 0.641. The number of hydrogen-bond acceptors (Lipinski definition) is 2. The van der Waals surface area contributed by atoms with Crippen LogP contribution in [0.25, 0.3) is 0 Å². The molecule has 118 valence electrons. The van der Waals surface area contributed by atoms with Gasteiger partial charge in [-0.2, -0.15) is 0 Å². The first kappa shape index (κ1) is 16.3. The average Bonchev–Trinajstić information content (AvgIpc) is 3.05. The Morgan fingerprint density at radius 2 is 1.95 bits per heavy atom. The molecule has 20 heavy (non-hydrogen) atoms. The van der Waals surface area contributed by atoms with Gasteiger partial charge in [0, 0.05) is 12.6 Å². The second-order valence-electron chi connectivity index (χ2n) is 7.01. The highest BCUT2D eigenvalue weighted by atomic mass is 16.5. The van der Waals surface area contributed by atoms with E-state index in [1.165, 1.54) is 51.4 Å². The second kappa shape index (κ2) is 8.38. The summed E-state index contributed by atoms with van der Waals surface area (Å²) in [4.78, 5) is 0. The molecule has 0 aromatic rings. The van der Waals surface area contributed by atoms with Gasteiger partial charge < -0.3 is 10.1 Å². The van der Waals surface area contributed by atoms with Crippen molar-refractivity contribution in [3.05, 3.63) is 0 Å². The van der Waals surface area contributed by atoms with E-state index in [0.717, 1.165) is 30.9 Å². The largest absolute Gasteiger partial charge is 0.377 e. The van der Waals surface area contributed by atoms with E-state index in [4.69, 9.17) is 4.74 Å². The first-order chi connectivity index (χ1) is 9.78. The third kappa shape index (κ3) is 4.21. The van der Waals surface area contributed by atoms with Crippen LogP contribution in [0, 0.1) is 17.8 Å². The minimum atomic E-state index is 0.427. The van der Waals surface area contributed by atoms with Crippen LogP contribution < -0.4 is 5.32 Å². The van der Waals surface area contributed by atoms with E-state index < -0.39 is 0 Å². The maximum Gasteiger partial charge on any atom is 0.0727 e. The Morgan fingerprint density at radius 3 is 2.50 bits per heavy atom. The number of nitrogens with one attached hydrogen (secondary N) is 1. The molecule has 2 aliphatic rings. The molecule has 2 nitrogen and oxygen atoms in total. The van der Waals surface area contributed by atoms with Gasteiger partial charge >= 0.3 is 0 Å². The lowest BCUT2D eigenvalue weighted by Gasteiger charge is -2.32. The van der Waals surface area contributed by atoms with E-state index in [9.17, 15) is 0 Å². The van der Waals surface area contributed by atoms with Crippen LogP contribution in [0.3, 0.4) is 0 Å². The summed E-state index contributed by atoms with van der Waals surface area (Å²) < 4.78 is 6.07. The predicted molar refractivity (Wildman–Crippen MR) is 86.0 cm³/mol. The van der Waals surface area contributed by atoms with Gasteiger partial charge in [0.1, 0.15) is 0 Å². The summed E-state index contributed by atoms with van der Waals surface area (Å²) in [7, 11) is 0. The van der Waals surface area contributed by atoms with Crippen LogP contribution in [0.5, 0.6) is 0 Å². The first-order valence-corrected chi connectivity index (χ1v) is 9.13. The summed E-state index contributed by atoms with van der Waals surface area (Å²) in [6, 6.07) is 0.583. The molecule has 0 amide bonds. The van der Waals surface area contributed by atoms with Crippen LogP contribution in [-0.4, -0.2) is 25.3 Å². The van der Waals surface area contributed by atoms with Crippen molar-refractivity contribution in [3.63, 3.8) is 0 Å². The third-order valence-electron chi connectivity index (χ3n) is 5.50. The first-order valence-electron chi connectivity index (χ1n) is 9.13. The van der Waals surface area contributed by atoms with E-state index in [1.807, 2.05) is 0 Å². The van der Waals surface area contributed by atoms with Crippen molar-refractivity contribution in [3.8, 4) is 0 Å². The van der Waals surface area contributed by atoms with E-state index in [2.05, 4.69) is 26.1 Å². The topological polar surface area (TPSA) is 21.3 Å². The van der Waals surface area contributed by atoms with Crippen LogP contribution in [0.2, 0.25) is 0 Å². The van der Waals surface area contributed by atoms with Gasteiger partial charge in [0.2, 0.25) is 0 Å². The van der Waals surface area contributed by atoms with Crippen molar-refractivity contribution in [2.45, 2.75) is 84.3 Å². The molecule has 1 N–H and O–H groups in total. The molecular formula is C18H35NO. The standard InChI is InChI=1S/C18H35NO/c1-4-7-18(20-6-3)17(19-10-5-2)13-16-12-14-8-9-15(16)11-14/h14-19H,4-13H2,1-3H3. The summed E-state index contributed by atoms with van der Waals surface area (Å²) in [5.41, 5.74) is 0. The molecule has 2 heteroatoms. The molecule has 5 unspecified atom stereocenters. The Kier molecular flexibility index (Phi) is 6.83. The molecule has 5 atom stereocenters. The van der Waals surface area contributed by atoms with Gasteiger partial charge in [-0.05, 0) is 69.7 Å². The second-order valence-corrected chi connectivity index (χ2v) is 7.01. The molecule has 0 aliphatic heterocycles. The number of ether oxygens (including phenoxy) is 1. The molecule has 0 heterocycles. The smallest absolute Gasteiger partial charge is 0.0727 e. The highest BCUT2D eigenvalue weighted by Gasteiger charge is 2.40. The molecular weight excluding hydrogens is 246 g/mol. The molecule has 2 saturated carbocycles. The fourth-order valence-electron chi connectivity index (χ4n) is 4.59. The maximum absolute atomic E-state index is 6.07. The van der Waals surface area contributed by atoms with Crippen molar-refractivity contribution in [2.75, 3.05) is 13.2 Å². The number of hydrogen-bond donors (Lipinski definition) is 1. The lowest BCUT2D eigenvalue weighted by molar-refractivity contribution is 0.0190. The van der Waals surface area contributed by atoms with Crippen molar-refractivity contribution < 1.29 is 4.74 Å². The molecule has 2 fully saturated rings. The zero-order chi connectivity index (χ0) is 14.4. The van der Waals surface area contributed by atoms with Gasteiger partial charge in [-0.3, -0.25) is 0 Å². The van der Waals surface area contributed by atoms with Gasteiger partial charge in [0.25, 0.3) is 0 Å². The molecule has 2 bridgehead atoms. The third-order valence-corrected chi connectivity index (χ3v) is 5.50. The summed E-state index contributed by atoms with van der Waals surface area (Å²) >= 11 is 0. The Bertz CT molecular complexity index is 262. The maximum atomic E-state index is 6.07. The van der Waals surface area contributed by atoms with E-state index in [0.29, 0.717) is 12.1 Å². The van der Waals surface area contributed by atoms with Gasteiger partial charge in [-0.25, -0.2) is 0 Å². The summed E-state index contributed by atoms with van der Waals surface area (Å²) in [5, 5.41) is 3.80. The highest BCUT2D eigenvalue weighted by molar-refractivity contribution is 4.93. The number of rotatable bonds is 10. The van der Waals surface area contributed by atoms with Gasteiger partial charge in [-0.15, -0.1) is 0 Å². The lowest BCUT2D eigenvalue weighted by atomic mass is 9.82. The molecule has 0 aromatic heterocycles. The normalized spacial score (nSPS) is 31.6. The highest BCUT2D eigenvalue weighted by Crippen LogP contribution is 2.50.